The van der Waals surface area contributed by atoms with Crippen molar-refractivity contribution in [1.29, 1.82) is 0 Å². The lowest BCUT2D eigenvalue weighted by atomic mass is 9.96. The highest BCUT2D eigenvalue weighted by Crippen LogP contribution is 2.22. The highest BCUT2D eigenvalue weighted by atomic mass is 14.1. The zero-order chi connectivity index (χ0) is 13.4. The first-order valence-corrected chi connectivity index (χ1v) is 7.10. The third-order valence-corrected chi connectivity index (χ3v) is 3.94. The van der Waals surface area contributed by atoms with Gasteiger partial charge in [-0.25, -0.2) is 0 Å². The van der Waals surface area contributed by atoms with Crippen molar-refractivity contribution in [2.75, 3.05) is 0 Å². The second-order valence-corrected chi connectivity index (χ2v) is 5.48. The second-order valence-electron chi connectivity index (χ2n) is 5.48. The smallest absolute Gasteiger partial charge is 0.00334 e. The first-order valence-electron chi connectivity index (χ1n) is 7.10. The Hall–Kier alpha value is -1.82. The average Bonchev–Trinajstić information content (AvgIpc) is 2.56. The molecule has 0 bridgehead atoms. The first-order chi connectivity index (χ1) is 9.20. The molecular formula is C19H20. The van der Waals surface area contributed by atoms with E-state index < -0.39 is 0 Å². The molecule has 0 aromatic heterocycles. The average molecular weight is 248 g/mol. The molecule has 0 heterocycles. The minimum atomic E-state index is 1.06. The van der Waals surface area contributed by atoms with E-state index in [0.717, 1.165) is 12.8 Å². The molecule has 0 saturated heterocycles. The molecule has 2 aromatic rings. The number of benzene rings is 2. The van der Waals surface area contributed by atoms with Crippen LogP contribution in [-0.4, -0.2) is 0 Å². The van der Waals surface area contributed by atoms with Crippen LogP contribution in [0.25, 0.3) is 29.0 Å². The molecule has 2 aromatic carbocycles. The molecule has 3 rings (SSSR count). The van der Waals surface area contributed by atoms with Crippen LogP contribution in [0.4, 0.5) is 0 Å². The third kappa shape index (κ3) is 2.02. The van der Waals surface area contributed by atoms with Crippen molar-refractivity contribution >= 4 is 29.0 Å². The summed E-state index contributed by atoms with van der Waals surface area (Å²) in [6.07, 6.45) is 9.16. The van der Waals surface area contributed by atoms with Crippen LogP contribution < -0.4 is 10.4 Å². The highest BCUT2D eigenvalue weighted by Gasteiger charge is 2.07. The Morgan fingerprint density at radius 1 is 1.05 bits per heavy atom. The van der Waals surface area contributed by atoms with E-state index in [9.17, 15) is 0 Å². The van der Waals surface area contributed by atoms with Crippen LogP contribution in [0.15, 0.2) is 29.8 Å². The maximum Gasteiger partial charge on any atom is -0.00334 e. The summed E-state index contributed by atoms with van der Waals surface area (Å²) in [5, 5.41) is 5.62. The molecule has 0 atom stereocenters. The van der Waals surface area contributed by atoms with Crippen LogP contribution >= 0.6 is 0 Å². The fourth-order valence-corrected chi connectivity index (χ4v) is 3.03. The first kappa shape index (κ1) is 12.2. The van der Waals surface area contributed by atoms with Crippen molar-refractivity contribution in [3.8, 4) is 0 Å². The summed E-state index contributed by atoms with van der Waals surface area (Å²) in [7, 11) is 0. The Bertz CT molecular complexity index is 789. The van der Waals surface area contributed by atoms with Gasteiger partial charge in [0, 0.05) is 0 Å². The van der Waals surface area contributed by atoms with E-state index >= 15 is 0 Å². The van der Waals surface area contributed by atoms with E-state index in [1.165, 1.54) is 37.9 Å². The number of hydrogen-bond donors (Lipinski definition) is 0. The molecule has 19 heavy (non-hydrogen) atoms. The SMILES string of the molecule is CC/C=c1/ccc2c3c(ccc(C)c13)C=C(C)CC=2. The Labute approximate surface area is 114 Å². The van der Waals surface area contributed by atoms with Gasteiger partial charge in [0.05, 0.1) is 0 Å². The molecule has 0 aliphatic heterocycles. The molecule has 0 N–H and O–H groups in total. The van der Waals surface area contributed by atoms with E-state index in [1.54, 1.807) is 0 Å². The summed E-state index contributed by atoms with van der Waals surface area (Å²) in [4.78, 5) is 0. The molecule has 1 aliphatic carbocycles. The Kier molecular flexibility index (Phi) is 3.02. The van der Waals surface area contributed by atoms with E-state index in [-0.39, 0.29) is 0 Å². The van der Waals surface area contributed by atoms with E-state index in [0.29, 0.717) is 0 Å². The number of allylic oxidation sites excluding steroid dienone is 1. The van der Waals surface area contributed by atoms with Crippen LogP contribution in [0.2, 0.25) is 0 Å². The summed E-state index contributed by atoms with van der Waals surface area (Å²) >= 11 is 0. The Balaban J connectivity index is 2.58. The molecule has 0 heteroatoms. The lowest BCUT2D eigenvalue weighted by Gasteiger charge is -2.08. The van der Waals surface area contributed by atoms with Crippen LogP contribution in [0.3, 0.4) is 0 Å². The maximum atomic E-state index is 2.36. The van der Waals surface area contributed by atoms with E-state index in [1.807, 2.05) is 0 Å². The monoisotopic (exact) mass is 248 g/mol. The standard InChI is InChI=1S/C19H20/c1-4-5-15-10-11-16-8-6-13(2)12-17-9-7-14(3)18(15)19(16)17/h5,7-12H,4,6H2,1-3H3/b15-5-. The molecule has 0 nitrogen and oxygen atoms in total. The van der Waals surface area contributed by atoms with Crippen molar-refractivity contribution < 1.29 is 0 Å². The fraction of sp³-hybridized carbons (Fsp3) is 0.263. The largest absolute Gasteiger partial charge is 0.0769 e. The molecule has 0 radical (unpaired) electrons. The third-order valence-electron chi connectivity index (χ3n) is 3.94. The van der Waals surface area contributed by atoms with E-state index in [2.05, 4.69) is 63.3 Å². The fourth-order valence-electron chi connectivity index (χ4n) is 3.03. The van der Waals surface area contributed by atoms with Gasteiger partial charge in [-0.15, -0.1) is 0 Å². The van der Waals surface area contributed by atoms with Gasteiger partial charge < -0.3 is 0 Å². The van der Waals surface area contributed by atoms with Gasteiger partial charge in [0.25, 0.3) is 0 Å². The molecule has 96 valence electrons. The molecular weight excluding hydrogens is 228 g/mol. The lowest BCUT2D eigenvalue weighted by molar-refractivity contribution is 1.29. The summed E-state index contributed by atoms with van der Waals surface area (Å²) in [5.74, 6) is 0. The zero-order valence-electron chi connectivity index (χ0n) is 12.0. The quantitative estimate of drug-likeness (QED) is 0.717. The van der Waals surface area contributed by atoms with Crippen LogP contribution in [0.1, 0.15) is 37.8 Å². The van der Waals surface area contributed by atoms with Gasteiger partial charge in [0.2, 0.25) is 0 Å². The summed E-state index contributed by atoms with van der Waals surface area (Å²) in [5.41, 5.74) is 4.18. The van der Waals surface area contributed by atoms with Crippen LogP contribution in [0, 0.1) is 6.92 Å². The van der Waals surface area contributed by atoms with Crippen LogP contribution in [0.5, 0.6) is 0 Å². The Morgan fingerprint density at radius 2 is 1.89 bits per heavy atom. The maximum absolute atomic E-state index is 2.36. The molecule has 1 aliphatic rings. The topological polar surface area (TPSA) is 0 Å². The Morgan fingerprint density at radius 3 is 2.68 bits per heavy atom. The van der Waals surface area contributed by atoms with Crippen molar-refractivity contribution in [3.63, 3.8) is 0 Å². The summed E-state index contributed by atoms with van der Waals surface area (Å²) < 4.78 is 0. The van der Waals surface area contributed by atoms with Crippen LogP contribution in [-0.2, 0) is 0 Å². The van der Waals surface area contributed by atoms with Crippen molar-refractivity contribution in [3.05, 3.63) is 51.4 Å². The number of rotatable bonds is 1. The van der Waals surface area contributed by atoms with Gasteiger partial charge in [-0.05, 0) is 59.0 Å². The number of hydrogen-bond acceptors (Lipinski definition) is 0. The lowest BCUT2D eigenvalue weighted by Crippen LogP contribution is -2.13. The zero-order valence-corrected chi connectivity index (χ0v) is 12.0. The highest BCUT2D eigenvalue weighted by molar-refractivity contribution is 5.95. The minimum Gasteiger partial charge on any atom is -0.0769 e. The molecule has 0 saturated carbocycles. The van der Waals surface area contributed by atoms with Crippen molar-refractivity contribution in [1.82, 2.24) is 0 Å². The van der Waals surface area contributed by atoms with Gasteiger partial charge >= 0.3 is 0 Å². The molecule has 0 amide bonds. The minimum absolute atomic E-state index is 1.06. The van der Waals surface area contributed by atoms with Gasteiger partial charge in [-0.2, -0.15) is 0 Å². The predicted octanol–water partition coefficient (Wildman–Crippen LogP) is 3.93. The predicted molar refractivity (Wildman–Crippen MR) is 85.4 cm³/mol. The molecule has 0 fully saturated rings. The van der Waals surface area contributed by atoms with Gasteiger partial charge in [0.15, 0.2) is 0 Å². The normalized spacial score (nSPS) is 15.1. The van der Waals surface area contributed by atoms with Gasteiger partial charge in [-0.3, -0.25) is 0 Å². The number of aryl methyl sites for hydroxylation is 1. The van der Waals surface area contributed by atoms with E-state index in [4.69, 9.17) is 0 Å². The van der Waals surface area contributed by atoms with Crippen molar-refractivity contribution in [2.24, 2.45) is 0 Å². The second kappa shape index (κ2) is 4.70. The van der Waals surface area contributed by atoms with Crippen molar-refractivity contribution in [2.45, 2.75) is 33.6 Å². The summed E-state index contributed by atoms with van der Waals surface area (Å²) in [6, 6.07) is 9.07. The van der Waals surface area contributed by atoms with Gasteiger partial charge in [0.1, 0.15) is 0 Å². The molecule has 0 spiro atoms. The van der Waals surface area contributed by atoms with Gasteiger partial charge in [-0.1, -0.05) is 55.0 Å². The molecule has 0 unspecified atom stereocenters. The summed E-state index contributed by atoms with van der Waals surface area (Å²) in [6.45, 7) is 6.64.